The van der Waals surface area contributed by atoms with E-state index in [0.29, 0.717) is 31.2 Å². The number of benzene rings is 2. The van der Waals surface area contributed by atoms with E-state index in [2.05, 4.69) is 12.1 Å². The van der Waals surface area contributed by atoms with Crippen LogP contribution in [-0.2, 0) is 6.42 Å². The quantitative estimate of drug-likeness (QED) is 0.916. The Kier molecular flexibility index (Phi) is 4.46. The SMILES string of the molecule is NCCc1cccc(F)c1OCC1CSc2ccccc21. The minimum absolute atomic E-state index is 0.306. The van der Waals surface area contributed by atoms with E-state index in [-0.39, 0.29) is 5.82 Å². The number of halogens is 1. The molecule has 0 bridgehead atoms. The van der Waals surface area contributed by atoms with Crippen LogP contribution in [0.5, 0.6) is 5.75 Å². The van der Waals surface area contributed by atoms with Gasteiger partial charge in [-0.2, -0.15) is 0 Å². The number of fused-ring (bicyclic) bond motifs is 1. The Bertz CT molecular complexity index is 632. The van der Waals surface area contributed by atoms with Crippen LogP contribution in [-0.4, -0.2) is 18.9 Å². The van der Waals surface area contributed by atoms with Crippen LogP contribution in [0.3, 0.4) is 0 Å². The first-order valence-electron chi connectivity index (χ1n) is 7.11. The van der Waals surface area contributed by atoms with Crippen molar-refractivity contribution in [3.05, 3.63) is 59.4 Å². The second kappa shape index (κ2) is 6.50. The standard InChI is InChI=1S/C17H18FNOS/c18-15-6-3-4-12(8-9-19)17(15)20-10-13-11-21-16-7-2-1-5-14(13)16/h1-7,13H,8-11,19H2. The largest absolute Gasteiger partial charge is 0.490 e. The van der Waals surface area contributed by atoms with E-state index in [0.717, 1.165) is 11.3 Å². The van der Waals surface area contributed by atoms with Crippen molar-refractivity contribution in [2.75, 3.05) is 18.9 Å². The van der Waals surface area contributed by atoms with Gasteiger partial charge in [-0.1, -0.05) is 30.3 Å². The minimum Gasteiger partial charge on any atom is -0.490 e. The third-order valence-corrected chi connectivity index (χ3v) is 4.94. The second-order valence-electron chi connectivity index (χ2n) is 5.12. The fourth-order valence-corrected chi connectivity index (χ4v) is 3.85. The Morgan fingerprint density at radius 3 is 2.90 bits per heavy atom. The van der Waals surface area contributed by atoms with Crippen molar-refractivity contribution in [3.63, 3.8) is 0 Å². The lowest BCUT2D eigenvalue weighted by atomic mass is 10.0. The number of thioether (sulfide) groups is 1. The topological polar surface area (TPSA) is 35.2 Å². The van der Waals surface area contributed by atoms with Crippen LogP contribution in [0.2, 0.25) is 0 Å². The zero-order valence-corrected chi connectivity index (χ0v) is 12.5. The average molecular weight is 303 g/mol. The Balaban J connectivity index is 1.74. The molecule has 0 saturated carbocycles. The minimum atomic E-state index is -0.306. The molecule has 0 aromatic heterocycles. The van der Waals surface area contributed by atoms with Gasteiger partial charge in [-0.15, -0.1) is 11.8 Å². The molecule has 0 saturated heterocycles. The third-order valence-electron chi connectivity index (χ3n) is 3.69. The highest BCUT2D eigenvalue weighted by Crippen LogP contribution is 2.39. The maximum atomic E-state index is 14.0. The summed E-state index contributed by atoms with van der Waals surface area (Å²) in [5.41, 5.74) is 7.73. The summed E-state index contributed by atoms with van der Waals surface area (Å²) in [6, 6.07) is 13.4. The van der Waals surface area contributed by atoms with Gasteiger partial charge in [-0.05, 0) is 36.2 Å². The van der Waals surface area contributed by atoms with Crippen molar-refractivity contribution in [3.8, 4) is 5.75 Å². The molecule has 0 amide bonds. The summed E-state index contributed by atoms with van der Waals surface area (Å²) in [5.74, 6) is 1.36. The fourth-order valence-electron chi connectivity index (χ4n) is 2.62. The number of rotatable bonds is 5. The van der Waals surface area contributed by atoms with E-state index in [1.807, 2.05) is 30.0 Å². The summed E-state index contributed by atoms with van der Waals surface area (Å²) < 4.78 is 19.8. The van der Waals surface area contributed by atoms with Crippen LogP contribution >= 0.6 is 11.8 Å². The normalized spacial score (nSPS) is 16.8. The summed E-state index contributed by atoms with van der Waals surface area (Å²) in [6.07, 6.45) is 0.628. The molecule has 1 heterocycles. The van der Waals surface area contributed by atoms with E-state index in [1.54, 1.807) is 6.07 Å². The Morgan fingerprint density at radius 2 is 2.05 bits per heavy atom. The summed E-state index contributed by atoms with van der Waals surface area (Å²) in [5, 5.41) is 0. The maximum Gasteiger partial charge on any atom is 0.165 e. The van der Waals surface area contributed by atoms with Crippen molar-refractivity contribution in [2.24, 2.45) is 5.73 Å². The number of para-hydroxylation sites is 1. The molecule has 2 nitrogen and oxygen atoms in total. The van der Waals surface area contributed by atoms with Gasteiger partial charge in [0.1, 0.15) is 0 Å². The molecule has 21 heavy (non-hydrogen) atoms. The van der Waals surface area contributed by atoms with E-state index in [9.17, 15) is 4.39 Å². The van der Waals surface area contributed by atoms with Crippen molar-refractivity contribution in [2.45, 2.75) is 17.2 Å². The molecule has 0 radical (unpaired) electrons. The van der Waals surface area contributed by atoms with Gasteiger partial charge in [0.05, 0.1) is 6.61 Å². The Hall–Kier alpha value is -1.52. The van der Waals surface area contributed by atoms with Gasteiger partial charge in [-0.3, -0.25) is 0 Å². The molecule has 0 spiro atoms. The van der Waals surface area contributed by atoms with Gasteiger partial charge in [0.2, 0.25) is 0 Å². The van der Waals surface area contributed by atoms with Gasteiger partial charge < -0.3 is 10.5 Å². The molecule has 2 aromatic carbocycles. The van der Waals surface area contributed by atoms with Gasteiger partial charge in [0.25, 0.3) is 0 Å². The van der Waals surface area contributed by atoms with Crippen molar-refractivity contribution < 1.29 is 9.13 Å². The molecule has 2 aromatic rings. The first kappa shape index (κ1) is 14.4. The zero-order valence-electron chi connectivity index (χ0n) is 11.7. The van der Waals surface area contributed by atoms with Gasteiger partial charge >= 0.3 is 0 Å². The highest BCUT2D eigenvalue weighted by Gasteiger charge is 2.24. The number of nitrogens with two attached hydrogens (primary N) is 1. The molecule has 1 atom stereocenters. The molecular formula is C17H18FNOS. The maximum absolute atomic E-state index is 14.0. The molecule has 3 rings (SSSR count). The number of hydrogen-bond acceptors (Lipinski definition) is 3. The lowest BCUT2D eigenvalue weighted by Crippen LogP contribution is -2.13. The summed E-state index contributed by atoms with van der Waals surface area (Å²) in [4.78, 5) is 1.31. The molecule has 2 N–H and O–H groups in total. The summed E-state index contributed by atoms with van der Waals surface area (Å²) >= 11 is 1.84. The molecule has 110 valence electrons. The summed E-state index contributed by atoms with van der Waals surface area (Å²) in [7, 11) is 0. The van der Waals surface area contributed by atoms with E-state index in [1.165, 1.54) is 16.5 Å². The van der Waals surface area contributed by atoms with Crippen LogP contribution in [0, 0.1) is 5.82 Å². The van der Waals surface area contributed by atoms with Crippen LogP contribution in [0.15, 0.2) is 47.4 Å². The molecule has 0 aliphatic carbocycles. The van der Waals surface area contributed by atoms with Gasteiger partial charge in [0, 0.05) is 16.6 Å². The highest BCUT2D eigenvalue weighted by molar-refractivity contribution is 7.99. The van der Waals surface area contributed by atoms with Crippen molar-refractivity contribution in [1.82, 2.24) is 0 Å². The molecule has 1 aliphatic heterocycles. The average Bonchev–Trinajstić information content (AvgIpc) is 2.90. The monoisotopic (exact) mass is 303 g/mol. The van der Waals surface area contributed by atoms with E-state index < -0.39 is 0 Å². The highest BCUT2D eigenvalue weighted by atomic mass is 32.2. The van der Waals surface area contributed by atoms with E-state index >= 15 is 0 Å². The lowest BCUT2D eigenvalue weighted by molar-refractivity contribution is 0.281. The zero-order chi connectivity index (χ0) is 14.7. The first-order valence-corrected chi connectivity index (χ1v) is 8.10. The van der Waals surface area contributed by atoms with E-state index in [4.69, 9.17) is 10.5 Å². The molecular weight excluding hydrogens is 285 g/mol. The number of ether oxygens (including phenoxy) is 1. The Morgan fingerprint density at radius 1 is 1.19 bits per heavy atom. The molecule has 1 unspecified atom stereocenters. The van der Waals surface area contributed by atoms with Crippen LogP contribution < -0.4 is 10.5 Å². The van der Waals surface area contributed by atoms with Crippen molar-refractivity contribution >= 4 is 11.8 Å². The van der Waals surface area contributed by atoms with Gasteiger partial charge in [0.15, 0.2) is 11.6 Å². The van der Waals surface area contributed by atoms with Crippen LogP contribution in [0.1, 0.15) is 17.0 Å². The smallest absolute Gasteiger partial charge is 0.165 e. The molecule has 0 fully saturated rings. The van der Waals surface area contributed by atoms with Crippen LogP contribution in [0.25, 0.3) is 0 Å². The van der Waals surface area contributed by atoms with Crippen LogP contribution in [0.4, 0.5) is 4.39 Å². The third kappa shape index (κ3) is 3.06. The Labute approximate surface area is 128 Å². The predicted molar refractivity (Wildman–Crippen MR) is 84.6 cm³/mol. The molecule has 1 aliphatic rings. The van der Waals surface area contributed by atoms with Crippen molar-refractivity contribution in [1.29, 1.82) is 0 Å². The first-order chi connectivity index (χ1) is 10.3. The van der Waals surface area contributed by atoms with Gasteiger partial charge in [-0.25, -0.2) is 4.39 Å². The fraction of sp³-hybridized carbons (Fsp3) is 0.294. The predicted octanol–water partition coefficient (Wildman–Crippen LogP) is 3.60. The second-order valence-corrected chi connectivity index (χ2v) is 6.19. The molecule has 4 heteroatoms. The lowest BCUT2D eigenvalue weighted by Gasteiger charge is -2.16. The number of hydrogen-bond donors (Lipinski definition) is 1. The summed E-state index contributed by atoms with van der Waals surface area (Å²) in [6.45, 7) is 0.991.